The summed E-state index contributed by atoms with van der Waals surface area (Å²) < 4.78 is 10.1. The molecule has 0 bridgehead atoms. The van der Waals surface area contributed by atoms with Crippen molar-refractivity contribution in [1.82, 2.24) is 15.0 Å². The zero-order valence-electron chi connectivity index (χ0n) is 9.63. The highest BCUT2D eigenvalue weighted by atomic mass is 127. The summed E-state index contributed by atoms with van der Waals surface area (Å²) in [6, 6.07) is 0. The molecule has 0 unspecified atom stereocenters. The van der Waals surface area contributed by atoms with Gasteiger partial charge in [0.25, 0.3) is 0 Å². The van der Waals surface area contributed by atoms with E-state index in [1.165, 1.54) is 0 Å². The number of hydrogen-bond donors (Lipinski definition) is 1. The zero-order valence-corrected chi connectivity index (χ0v) is 12.0. The molecule has 8 heteroatoms. The molecule has 1 aromatic rings. The first kappa shape index (κ1) is 14.2. The number of morpholine rings is 1. The lowest BCUT2D eigenvalue weighted by molar-refractivity contribution is 0.0674. The van der Waals surface area contributed by atoms with E-state index in [1.807, 2.05) is 4.90 Å². The lowest BCUT2D eigenvalue weighted by atomic mass is 10.4. The van der Waals surface area contributed by atoms with Gasteiger partial charge in [-0.3, -0.25) is 0 Å². The average molecular weight is 353 g/mol. The fourth-order valence-corrected chi connectivity index (χ4v) is 1.45. The summed E-state index contributed by atoms with van der Waals surface area (Å²) in [4.78, 5) is 10.2. The Kier molecular flexibility index (Phi) is 5.62. The molecule has 1 fully saturated rings. The van der Waals surface area contributed by atoms with Crippen LogP contribution < -0.4 is 5.73 Å². The third-order valence-electron chi connectivity index (χ3n) is 2.29. The summed E-state index contributed by atoms with van der Waals surface area (Å²) in [5.41, 5.74) is 5.84. The van der Waals surface area contributed by atoms with E-state index in [2.05, 4.69) is 15.1 Å². The van der Waals surface area contributed by atoms with Gasteiger partial charge in [-0.05, 0) is 0 Å². The summed E-state index contributed by atoms with van der Waals surface area (Å²) in [5.74, 6) is 1.59. The Balaban J connectivity index is 0.00000144. The van der Waals surface area contributed by atoms with Crippen molar-refractivity contribution in [3.8, 4) is 0 Å². The predicted molar refractivity (Wildman–Crippen MR) is 72.2 cm³/mol. The highest BCUT2D eigenvalue weighted by Crippen LogP contribution is 1.99. The molecular formula is C9H16IN5O2. The van der Waals surface area contributed by atoms with E-state index in [1.54, 1.807) is 6.92 Å². The summed E-state index contributed by atoms with van der Waals surface area (Å²) in [5, 5.41) is 3.74. The van der Waals surface area contributed by atoms with Crippen LogP contribution in [-0.4, -0.2) is 47.3 Å². The standard InChI is InChI=1S/C9H15N5O2.HI/c1-7-12-8(13-16-7)6-11-9(10)14-2-4-15-5-3-14;/h2-6H2,1H3,(H2,10,11);1H. The Morgan fingerprint density at radius 3 is 2.76 bits per heavy atom. The minimum atomic E-state index is 0. The molecule has 0 aliphatic carbocycles. The van der Waals surface area contributed by atoms with E-state index in [9.17, 15) is 0 Å². The van der Waals surface area contributed by atoms with Gasteiger partial charge in [-0.15, -0.1) is 24.0 Å². The maximum absolute atomic E-state index is 5.84. The van der Waals surface area contributed by atoms with E-state index in [0.29, 0.717) is 37.4 Å². The maximum atomic E-state index is 5.84. The van der Waals surface area contributed by atoms with Gasteiger partial charge < -0.3 is 19.9 Å². The number of aromatic nitrogens is 2. The quantitative estimate of drug-likeness (QED) is 0.462. The molecule has 0 atom stereocenters. The Hall–Kier alpha value is -0.900. The van der Waals surface area contributed by atoms with Gasteiger partial charge in [0.05, 0.1) is 13.2 Å². The van der Waals surface area contributed by atoms with Crippen LogP contribution in [0.2, 0.25) is 0 Å². The van der Waals surface area contributed by atoms with Crippen LogP contribution in [0.1, 0.15) is 11.7 Å². The molecule has 0 amide bonds. The number of aliphatic imine (C=N–C) groups is 1. The SMILES string of the molecule is Cc1nc(CN=C(N)N2CCOCC2)no1.I. The minimum Gasteiger partial charge on any atom is -0.378 e. The lowest BCUT2D eigenvalue weighted by Gasteiger charge is -2.27. The maximum Gasteiger partial charge on any atom is 0.223 e. The van der Waals surface area contributed by atoms with Crippen molar-refractivity contribution in [3.05, 3.63) is 11.7 Å². The number of aryl methyl sites for hydroxylation is 1. The van der Waals surface area contributed by atoms with Crippen molar-refractivity contribution in [2.24, 2.45) is 10.7 Å². The molecular weight excluding hydrogens is 337 g/mol. The van der Waals surface area contributed by atoms with E-state index >= 15 is 0 Å². The Bertz CT molecular complexity index is 375. The van der Waals surface area contributed by atoms with E-state index < -0.39 is 0 Å². The van der Waals surface area contributed by atoms with Crippen LogP contribution in [0.25, 0.3) is 0 Å². The molecule has 7 nitrogen and oxygen atoms in total. The van der Waals surface area contributed by atoms with Crippen LogP contribution in [0, 0.1) is 6.92 Å². The van der Waals surface area contributed by atoms with Crippen molar-refractivity contribution in [2.45, 2.75) is 13.5 Å². The molecule has 2 rings (SSSR count). The van der Waals surface area contributed by atoms with Gasteiger partial charge in [-0.1, -0.05) is 5.16 Å². The van der Waals surface area contributed by atoms with Gasteiger partial charge >= 0.3 is 0 Å². The van der Waals surface area contributed by atoms with Gasteiger partial charge in [0.15, 0.2) is 11.8 Å². The van der Waals surface area contributed by atoms with Crippen molar-refractivity contribution in [1.29, 1.82) is 0 Å². The highest BCUT2D eigenvalue weighted by Gasteiger charge is 2.12. The fourth-order valence-electron chi connectivity index (χ4n) is 1.45. The van der Waals surface area contributed by atoms with Crippen molar-refractivity contribution in [3.63, 3.8) is 0 Å². The van der Waals surface area contributed by atoms with Gasteiger partial charge in [-0.2, -0.15) is 4.98 Å². The summed E-state index contributed by atoms with van der Waals surface area (Å²) >= 11 is 0. The fraction of sp³-hybridized carbons (Fsp3) is 0.667. The van der Waals surface area contributed by atoms with Crippen LogP contribution in [-0.2, 0) is 11.3 Å². The van der Waals surface area contributed by atoms with E-state index in [-0.39, 0.29) is 24.0 Å². The van der Waals surface area contributed by atoms with Crippen LogP contribution in [0.5, 0.6) is 0 Å². The molecule has 0 spiro atoms. The van der Waals surface area contributed by atoms with Crippen molar-refractivity contribution < 1.29 is 9.26 Å². The zero-order chi connectivity index (χ0) is 11.4. The van der Waals surface area contributed by atoms with Crippen LogP contribution in [0.15, 0.2) is 9.52 Å². The van der Waals surface area contributed by atoms with E-state index in [0.717, 1.165) is 13.1 Å². The van der Waals surface area contributed by atoms with Gasteiger partial charge in [0, 0.05) is 20.0 Å². The molecule has 0 saturated carbocycles. The average Bonchev–Trinajstić information content (AvgIpc) is 2.73. The largest absolute Gasteiger partial charge is 0.378 e. The number of halogens is 1. The normalized spacial score (nSPS) is 16.8. The minimum absolute atomic E-state index is 0. The molecule has 1 aliphatic rings. The number of nitrogens with two attached hydrogens (primary N) is 1. The summed E-state index contributed by atoms with van der Waals surface area (Å²) in [7, 11) is 0. The van der Waals surface area contributed by atoms with E-state index in [4.69, 9.17) is 15.0 Å². The van der Waals surface area contributed by atoms with Crippen molar-refractivity contribution in [2.75, 3.05) is 26.3 Å². The first-order valence-corrected chi connectivity index (χ1v) is 5.17. The number of guanidine groups is 1. The summed E-state index contributed by atoms with van der Waals surface area (Å²) in [6.07, 6.45) is 0. The van der Waals surface area contributed by atoms with Gasteiger partial charge in [0.2, 0.25) is 5.89 Å². The number of rotatable bonds is 2. The van der Waals surface area contributed by atoms with Gasteiger partial charge in [-0.25, -0.2) is 4.99 Å². The Morgan fingerprint density at radius 2 is 2.18 bits per heavy atom. The molecule has 1 aliphatic heterocycles. The smallest absolute Gasteiger partial charge is 0.223 e. The Labute approximate surface area is 116 Å². The number of ether oxygens (including phenoxy) is 1. The second-order valence-electron chi connectivity index (χ2n) is 3.50. The topological polar surface area (TPSA) is 89.8 Å². The van der Waals surface area contributed by atoms with Gasteiger partial charge in [0.1, 0.15) is 6.54 Å². The molecule has 0 aromatic carbocycles. The highest BCUT2D eigenvalue weighted by molar-refractivity contribution is 14.0. The molecule has 2 heterocycles. The first-order valence-electron chi connectivity index (χ1n) is 5.17. The number of nitrogens with zero attached hydrogens (tertiary/aromatic N) is 4. The second-order valence-corrected chi connectivity index (χ2v) is 3.50. The number of hydrogen-bond acceptors (Lipinski definition) is 5. The summed E-state index contributed by atoms with van der Waals surface area (Å²) in [6.45, 7) is 5.03. The third-order valence-corrected chi connectivity index (χ3v) is 2.29. The molecule has 17 heavy (non-hydrogen) atoms. The van der Waals surface area contributed by atoms with Crippen molar-refractivity contribution >= 4 is 29.9 Å². The van der Waals surface area contributed by atoms with Crippen LogP contribution in [0.4, 0.5) is 0 Å². The molecule has 1 saturated heterocycles. The molecule has 0 radical (unpaired) electrons. The van der Waals surface area contributed by atoms with Crippen LogP contribution in [0.3, 0.4) is 0 Å². The first-order chi connectivity index (χ1) is 7.75. The predicted octanol–water partition coefficient (Wildman–Crippen LogP) is 0.143. The molecule has 96 valence electrons. The second kappa shape index (κ2) is 6.74. The third kappa shape index (κ3) is 4.11. The monoisotopic (exact) mass is 353 g/mol. The molecule has 1 aromatic heterocycles. The lowest BCUT2D eigenvalue weighted by Crippen LogP contribution is -2.44. The Morgan fingerprint density at radius 1 is 1.47 bits per heavy atom. The molecule has 2 N–H and O–H groups in total. The van der Waals surface area contributed by atoms with Crippen LogP contribution >= 0.6 is 24.0 Å².